The minimum absolute atomic E-state index is 0.0263. The molecule has 8 rings (SSSR count). The Balaban J connectivity index is 1.02. The number of aliphatic hydroxyl groups is 1. The fourth-order valence-corrected chi connectivity index (χ4v) is 12.4. The summed E-state index contributed by atoms with van der Waals surface area (Å²) in [6, 6.07) is 36.1. The van der Waals surface area contributed by atoms with Gasteiger partial charge < -0.3 is 55.3 Å². The van der Waals surface area contributed by atoms with Crippen molar-refractivity contribution in [2.24, 2.45) is 22.3 Å². The molecule has 5 amide bonds. The summed E-state index contributed by atoms with van der Waals surface area (Å²) in [6.07, 6.45) is -2.04. The van der Waals surface area contributed by atoms with E-state index in [2.05, 4.69) is 5.32 Å². The Morgan fingerprint density at radius 3 is 1.56 bits per heavy atom. The Labute approximate surface area is 471 Å². The normalized spacial score (nSPS) is 23.1. The van der Waals surface area contributed by atoms with Crippen molar-refractivity contribution in [3.63, 3.8) is 0 Å². The van der Waals surface area contributed by atoms with Crippen LogP contribution >= 0.6 is 0 Å². The van der Waals surface area contributed by atoms with E-state index < -0.39 is 76.4 Å². The zero-order chi connectivity index (χ0) is 57.4. The van der Waals surface area contributed by atoms with Gasteiger partial charge in [-0.1, -0.05) is 121 Å². The third-order valence-electron chi connectivity index (χ3n) is 16.4. The minimum Gasteiger partial charge on any atom is -0.443 e. The van der Waals surface area contributed by atoms with Gasteiger partial charge in [-0.2, -0.15) is 0 Å². The smallest absolute Gasteiger partial charge is 0.337 e. The zero-order valence-corrected chi connectivity index (χ0v) is 47.3. The fourth-order valence-electron chi connectivity index (χ4n) is 12.4. The molecule has 0 bridgehead atoms. The first-order valence-corrected chi connectivity index (χ1v) is 28.0. The van der Waals surface area contributed by atoms with Gasteiger partial charge in [0.15, 0.2) is 12.3 Å². The Morgan fingerprint density at radius 2 is 1.11 bits per heavy atom. The van der Waals surface area contributed by atoms with Crippen molar-refractivity contribution in [3.8, 4) is 0 Å². The van der Waals surface area contributed by atoms with Gasteiger partial charge in [-0.25, -0.2) is 4.79 Å². The van der Waals surface area contributed by atoms with Gasteiger partial charge in [0.25, 0.3) is 0 Å². The number of carbonyl (C=O) groups is 6. The van der Waals surface area contributed by atoms with Crippen LogP contribution in [0.4, 0.5) is 0 Å². The predicted octanol–water partition coefficient (Wildman–Crippen LogP) is 4.40. The molecule has 6 N–H and O–H groups in total. The van der Waals surface area contributed by atoms with E-state index in [0.717, 1.165) is 22.3 Å². The Bertz CT molecular complexity index is 2760. The van der Waals surface area contributed by atoms with Crippen LogP contribution in [0.1, 0.15) is 93.9 Å². The number of nitrogens with one attached hydrogen (secondary N) is 1. The molecule has 2 unspecified atom stereocenters. The standard InChI is InChI=1S/C62H82N8O10/c1-59(2,63)40-70(50(39-79-37-44-23-13-8-14-24-44)54(74)69-32-20-30-62(42-69)48(35-67(6)58(62)77)46-27-17-10-18-28-46)52(72)33-51(71)55(75)80-56(60(3,4)64)65-49(38-78-36-43-21-11-7-12-22-43)53(73)68-31-19-29-61(41-68)47(34-66(5)57(61)76)45-25-15-9-16-26-45/h7-18,21-28,47-51,56,65,71H,19-20,29-42,63-64H2,1-6H3/t47-,48-,49-,50-,51?,56?,61-,62-/m1/s1. The molecule has 4 aliphatic rings. The molecule has 0 radical (unpaired) electrons. The average Bonchev–Trinajstić information content (AvgIpc) is 3.82. The molecule has 2 spiro atoms. The van der Waals surface area contributed by atoms with Gasteiger partial charge in [-0.05, 0) is 75.6 Å². The number of esters is 1. The molecule has 0 saturated carbocycles. The molecule has 4 aromatic rings. The third-order valence-corrected chi connectivity index (χ3v) is 16.4. The number of amides is 5. The van der Waals surface area contributed by atoms with Crippen LogP contribution < -0.4 is 16.8 Å². The van der Waals surface area contributed by atoms with E-state index in [1.807, 2.05) is 121 Å². The quantitative estimate of drug-likeness (QED) is 0.0633. The second-order valence-corrected chi connectivity index (χ2v) is 23.9. The maximum atomic E-state index is 15.3. The van der Waals surface area contributed by atoms with E-state index in [9.17, 15) is 24.3 Å². The van der Waals surface area contributed by atoms with Gasteiger partial charge in [0, 0.05) is 77.3 Å². The first-order chi connectivity index (χ1) is 38.1. The minimum atomic E-state index is -2.07. The number of piperidine rings is 2. The number of carbonyl (C=O) groups excluding carboxylic acids is 6. The number of nitrogens with two attached hydrogens (primary N) is 2. The summed E-state index contributed by atoms with van der Waals surface area (Å²) < 4.78 is 18.4. The van der Waals surface area contributed by atoms with Crippen molar-refractivity contribution in [1.82, 2.24) is 29.8 Å². The number of ether oxygens (including phenoxy) is 3. The number of aliphatic hydroxyl groups excluding tert-OH is 1. The highest BCUT2D eigenvalue weighted by molar-refractivity contribution is 5.92. The van der Waals surface area contributed by atoms with E-state index in [4.69, 9.17) is 25.7 Å². The van der Waals surface area contributed by atoms with Crippen LogP contribution in [-0.2, 0) is 56.2 Å². The summed E-state index contributed by atoms with van der Waals surface area (Å²) in [5.41, 5.74) is 12.9. The van der Waals surface area contributed by atoms with Gasteiger partial charge in [-0.15, -0.1) is 0 Å². The Hall–Kier alpha value is -6.54. The van der Waals surface area contributed by atoms with Crippen LogP contribution in [0.5, 0.6) is 0 Å². The van der Waals surface area contributed by atoms with E-state index in [1.165, 1.54) is 4.90 Å². The van der Waals surface area contributed by atoms with Crippen LogP contribution in [0.2, 0.25) is 0 Å². The van der Waals surface area contributed by atoms with Crippen molar-refractivity contribution in [2.45, 2.75) is 120 Å². The maximum absolute atomic E-state index is 15.3. The van der Waals surface area contributed by atoms with E-state index in [1.54, 1.807) is 61.4 Å². The SMILES string of the molecule is CN1C[C@H](c2ccccc2)[C@]2(CCCN(C(=O)[C@@H](COCc3ccccc3)N(CC(C)(C)N)C(=O)CC(O)C(=O)OC(N[C@H](COCc3ccccc3)C(=O)N3CCC[C@]4(C3)C(=O)N(C)C[C@@H]4c3ccccc3)C(C)(C)N)C2)C1=O. The lowest BCUT2D eigenvalue weighted by molar-refractivity contribution is -0.169. The van der Waals surface area contributed by atoms with Crippen LogP contribution in [0.15, 0.2) is 121 Å². The molecule has 0 aliphatic carbocycles. The molecule has 18 heteroatoms. The van der Waals surface area contributed by atoms with Crippen LogP contribution in [0.3, 0.4) is 0 Å². The molecule has 430 valence electrons. The summed E-state index contributed by atoms with van der Waals surface area (Å²) in [7, 11) is 3.57. The van der Waals surface area contributed by atoms with Gasteiger partial charge in [0.1, 0.15) is 12.1 Å². The number of likely N-dealkylation sites (tertiary alicyclic amines) is 4. The van der Waals surface area contributed by atoms with Gasteiger partial charge in [0.2, 0.25) is 29.5 Å². The van der Waals surface area contributed by atoms with Crippen LogP contribution in [-0.4, -0.2) is 174 Å². The summed E-state index contributed by atoms with van der Waals surface area (Å²) in [4.78, 5) is 95.9. The number of hydrogen-bond acceptors (Lipinski definition) is 13. The van der Waals surface area contributed by atoms with Crippen LogP contribution in [0.25, 0.3) is 0 Å². The fraction of sp³-hybridized carbons (Fsp3) is 0.516. The predicted molar refractivity (Wildman–Crippen MR) is 302 cm³/mol. The number of likely N-dealkylation sites (N-methyl/N-ethyl adjacent to an activating group) is 2. The molecule has 4 aliphatic heterocycles. The lowest BCUT2D eigenvalue weighted by Crippen LogP contribution is -2.63. The molecule has 4 saturated heterocycles. The zero-order valence-electron chi connectivity index (χ0n) is 47.3. The van der Waals surface area contributed by atoms with Crippen molar-refractivity contribution < 1.29 is 48.1 Å². The number of nitrogens with zero attached hydrogens (tertiary/aromatic N) is 5. The maximum Gasteiger partial charge on any atom is 0.337 e. The van der Waals surface area contributed by atoms with E-state index in [0.29, 0.717) is 51.9 Å². The number of benzene rings is 4. The Kier molecular flexibility index (Phi) is 19.0. The highest BCUT2D eigenvalue weighted by Gasteiger charge is 2.58. The second-order valence-electron chi connectivity index (χ2n) is 23.9. The third kappa shape index (κ3) is 13.8. The van der Waals surface area contributed by atoms with Gasteiger partial charge in [-0.3, -0.25) is 29.3 Å². The van der Waals surface area contributed by atoms with Gasteiger partial charge >= 0.3 is 5.97 Å². The lowest BCUT2D eigenvalue weighted by atomic mass is 9.69. The van der Waals surface area contributed by atoms with Crippen molar-refractivity contribution in [1.29, 1.82) is 0 Å². The molecule has 4 aromatic carbocycles. The lowest BCUT2D eigenvalue weighted by Gasteiger charge is -2.45. The van der Waals surface area contributed by atoms with E-state index in [-0.39, 0.29) is 69.7 Å². The van der Waals surface area contributed by atoms with Crippen molar-refractivity contribution >= 4 is 35.5 Å². The molecule has 4 heterocycles. The molecule has 18 nitrogen and oxygen atoms in total. The highest BCUT2D eigenvalue weighted by Crippen LogP contribution is 2.50. The second kappa shape index (κ2) is 25.5. The first-order valence-electron chi connectivity index (χ1n) is 28.0. The topological polar surface area (TPSA) is 231 Å². The largest absolute Gasteiger partial charge is 0.443 e. The first kappa shape index (κ1) is 59.6. The van der Waals surface area contributed by atoms with Crippen LogP contribution in [0, 0.1) is 10.8 Å². The molecule has 4 fully saturated rings. The molecular formula is C62H82N8O10. The number of hydrogen-bond donors (Lipinski definition) is 4. The summed E-state index contributed by atoms with van der Waals surface area (Å²) in [6.45, 7) is 8.19. The molecule has 0 aromatic heterocycles. The highest BCUT2D eigenvalue weighted by atomic mass is 16.6. The van der Waals surface area contributed by atoms with Crippen molar-refractivity contribution in [2.75, 3.05) is 73.1 Å². The monoisotopic (exact) mass is 1100 g/mol. The molecule has 80 heavy (non-hydrogen) atoms. The molecule has 8 atom stereocenters. The number of rotatable bonds is 22. The van der Waals surface area contributed by atoms with E-state index >= 15 is 9.59 Å². The van der Waals surface area contributed by atoms with Crippen molar-refractivity contribution in [3.05, 3.63) is 144 Å². The summed E-state index contributed by atoms with van der Waals surface area (Å²) >= 11 is 0. The summed E-state index contributed by atoms with van der Waals surface area (Å²) in [5.74, 6) is -3.26. The molecular weight excluding hydrogens is 1020 g/mol. The summed E-state index contributed by atoms with van der Waals surface area (Å²) in [5, 5.41) is 14.9. The van der Waals surface area contributed by atoms with Gasteiger partial charge in [0.05, 0.1) is 49.2 Å². The Morgan fingerprint density at radius 1 is 0.675 bits per heavy atom. The average molecular weight is 1100 g/mol.